The number of aliphatic imine (C=N–C) groups is 5. The molecule has 0 radical (unpaired) electrons. The zero-order chi connectivity index (χ0) is 73.1. The first-order valence-corrected chi connectivity index (χ1v) is 31.1. The molecule has 28 heteroatoms. The van der Waals surface area contributed by atoms with E-state index in [4.69, 9.17) is 0 Å². The van der Waals surface area contributed by atoms with Crippen LogP contribution >= 0.6 is 0 Å². The highest BCUT2D eigenvalue weighted by Gasteiger charge is 2.28. The summed E-state index contributed by atoms with van der Waals surface area (Å²) in [6, 6.07) is 47.3. The van der Waals surface area contributed by atoms with Crippen molar-refractivity contribution in [1.82, 2.24) is 41.1 Å². The van der Waals surface area contributed by atoms with Gasteiger partial charge in [0.1, 0.15) is 28.4 Å². The Bertz CT molecular complexity index is 5850. The Morgan fingerprint density at radius 3 is 0.544 bits per heavy atom. The molecule has 0 aliphatic heterocycles. The lowest BCUT2D eigenvalue weighted by Gasteiger charge is -2.18. The van der Waals surface area contributed by atoms with Gasteiger partial charge in [0.15, 0.2) is 0 Å². The third-order valence-corrected chi connectivity index (χ3v) is 17.1. The summed E-state index contributed by atoms with van der Waals surface area (Å²) in [6.45, 7) is 7.85. The number of rotatable bonds is 18. The Balaban J connectivity index is 0.892. The SMILES string of the molecule is Cc1cccc(N=C=O)c1-n1c(=O)n(-c2ccc(Cc3ccc(-n4c(=O)n(-c5c(C)cccc5N=C=O)c(=O)n(-c5c(C)cccc5N=C=O)c4=O)cc3)cc2)c(=O)n(-c2ccc(Cc3ccc(-n4c(=O)n(-c5c(C)cccc5N=C=O)c(=O)n(-c5c(C)cccc5N=C=O)c4=O)cc3)cc2)c1=O. The predicted molar refractivity (Wildman–Crippen MR) is 378 cm³/mol. The summed E-state index contributed by atoms with van der Waals surface area (Å²) in [7, 11) is 0. The number of nitrogens with zero attached hydrogens (tertiary/aromatic N) is 14. The van der Waals surface area contributed by atoms with Gasteiger partial charge in [0.2, 0.25) is 30.4 Å². The minimum absolute atomic E-state index is 0.00313. The Kier molecular flexibility index (Phi) is 18.7. The summed E-state index contributed by atoms with van der Waals surface area (Å²) in [4.78, 5) is 210. The van der Waals surface area contributed by atoms with Gasteiger partial charge >= 0.3 is 51.2 Å². The Hall–Kier alpha value is -14.9. The maximum atomic E-state index is 14.9. The number of hydrogen-bond acceptors (Lipinski definition) is 19. The third kappa shape index (κ3) is 12.3. The Labute approximate surface area is 577 Å². The summed E-state index contributed by atoms with van der Waals surface area (Å²) < 4.78 is 6.53. The molecular weight excluding hydrogens is 1320 g/mol. The van der Waals surface area contributed by atoms with E-state index in [2.05, 4.69) is 25.0 Å². The summed E-state index contributed by atoms with van der Waals surface area (Å²) >= 11 is 0. The highest BCUT2D eigenvalue weighted by Crippen LogP contribution is 2.31. The predicted octanol–water partition coefficient (Wildman–Crippen LogP) is 7.60. The van der Waals surface area contributed by atoms with Crippen LogP contribution in [-0.2, 0) is 36.8 Å². The van der Waals surface area contributed by atoms with Crippen LogP contribution in [-0.4, -0.2) is 71.5 Å². The van der Waals surface area contributed by atoms with Crippen LogP contribution in [0.2, 0.25) is 0 Å². The molecule has 0 aliphatic carbocycles. The topological polar surface area (TPSA) is 345 Å². The van der Waals surface area contributed by atoms with E-state index in [1.807, 2.05) is 0 Å². The van der Waals surface area contributed by atoms with Crippen LogP contribution in [0.5, 0.6) is 0 Å². The number of benzene rings is 9. The third-order valence-electron chi connectivity index (χ3n) is 17.1. The summed E-state index contributed by atoms with van der Waals surface area (Å²) in [5.41, 5.74) is -7.04. The highest BCUT2D eigenvalue weighted by atomic mass is 16.2. The van der Waals surface area contributed by atoms with Gasteiger partial charge in [-0.05, 0) is 176 Å². The lowest BCUT2D eigenvalue weighted by molar-refractivity contribution is 0.564. The van der Waals surface area contributed by atoms with Gasteiger partial charge in [0.25, 0.3) is 0 Å². The first-order valence-electron chi connectivity index (χ1n) is 31.1. The second-order valence-electron chi connectivity index (χ2n) is 23.3. The molecule has 0 aliphatic rings. The molecule has 0 saturated heterocycles. The molecule has 28 nitrogen and oxygen atoms in total. The van der Waals surface area contributed by atoms with Gasteiger partial charge < -0.3 is 0 Å². The van der Waals surface area contributed by atoms with Crippen LogP contribution in [0.1, 0.15) is 50.1 Å². The van der Waals surface area contributed by atoms with Crippen LogP contribution in [0.15, 0.2) is 256 Å². The smallest absolute Gasteiger partial charge is 0.246 e. The van der Waals surface area contributed by atoms with E-state index in [0.29, 0.717) is 68.3 Å². The van der Waals surface area contributed by atoms with Crippen molar-refractivity contribution in [3.63, 3.8) is 0 Å². The van der Waals surface area contributed by atoms with Crippen LogP contribution < -0.4 is 51.2 Å². The largest absolute Gasteiger partial charge is 0.345 e. The quantitative estimate of drug-likeness (QED) is 0.0590. The van der Waals surface area contributed by atoms with Crippen LogP contribution in [0.3, 0.4) is 0 Å². The number of para-hydroxylation sites is 5. The van der Waals surface area contributed by atoms with E-state index in [-0.39, 0.29) is 92.5 Å². The molecule has 0 bridgehead atoms. The van der Waals surface area contributed by atoms with E-state index in [1.54, 1.807) is 144 Å². The monoisotopic (exact) mass is 1370 g/mol. The molecule has 0 amide bonds. The van der Waals surface area contributed by atoms with Gasteiger partial charge in [-0.1, -0.05) is 109 Å². The number of carbonyl (C=O) groups excluding carboxylic acids is 5. The zero-order valence-electron chi connectivity index (χ0n) is 54.8. The van der Waals surface area contributed by atoms with E-state index in [1.165, 1.54) is 109 Å². The number of aromatic nitrogens is 9. The van der Waals surface area contributed by atoms with Gasteiger partial charge in [0, 0.05) is 0 Å². The van der Waals surface area contributed by atoms with Crippen molar-refractivity contribution in [2.75, 3.05) is 0 Å². The molecule has 103 heavy (non-hydrogen) atoms. The van der Waals surface area contributed by atoms with E-state index in [0.717, 1.165) is 22.8 Å². The van der Waals surface area contributed by atoms with Gasteiger partial charge in [-0.2, -0.15) is 25.0 Å². The number of aryl methyl sites for hydroxylation is 5. The van der Waals surface area contributed by atoms with Crippen LogP contribution in [0.4, 0.5) is 28.4 Å². The molecule has 12 aromatic rings. The highest BCUT2D eigenvalue weighted by molar-refractivity contribution is 5.70. The Morgan fingerprint density at radius 1 is 0.223 bits per heavy atom. The average molecular weight is 1370 g/mol. The number of hydrogen-bond donors (Lipinski definition) is 0. The maximum Gasteiger partial charge on any atom is 0.345 e. The fourth-order valence-electron chi connectivity index (χ4n) is 12.4. The van der Waals surface area contributed by atoms with Gasteiger partial charge in [-0.3, -0.25) is 0 Å². The first kappa shape index (κ1) is 68.1. The molecule has 0 unspecified atom stereocenters. The minimum Gasteiger partial charge on any atom is -0.246 e. The van der Waals surface area contributed by atoms with Crippen molar-refractivity contribution >= 4 is 58.8 Å². The molecule has 0 N–H and O–H groups in total. The van der Waals surface area contributed by atoms with Gasteiger partial charge in [-0.15, -0.1) is 0 Å². The van der Waals surface area contributed by atoms with Gasteiger partial charge in [0.05, 0.1) is 51.2 Å². The molecule has 0 atom stereocenters. The molecule has 0 saturated carbocycles. The van der Waals surface area contributed by atoms with E-state index < -0.39 is 51.2 Å². The van der Waals surface area contributed by atoms with Crippen molar-refractivity contribution in [2.45, 2.75) is 47.5 Å². The van der Waals surface area contributed by atoms with Crippen LogP contribution in [0, 0.1) is 34.6 Å². The fourth-order valence-corrected chi connectivity index (χ4v) is 12.4. The molecule has 0 fully saturated rings. The minimum atomic E-state index is -1.16. The summed E-state index contributed by atoms with van der Waals surface area (Å²) in [5, 5.41) is 0. The summed E-state index contributed by atoms with van der Waals surface area (Å²) in [6.07, 6.45) is 7.59. The van der Waals surface area contributed by atoms with Crippen molar-refractivity contribution in [1.29, 1.82) is 0 Å². The lowest BCUT2D eigenvalue weighted by atomic mass is 10.0. The van der Waals surface area contributed by atoms with E-state index in [9.17, 15) is 67.1 Å². The van der Waals surface area contributed by atoms with Crippen molar-refractivity contribution < 1.29 is 24.0 Å². The lowest BCUT2D eigenvalue weighted by Crippen LogP contribution is -2.53. The molecule has 3 aromatic heterocycles. The van der Waals surface area contributed by atoms with E-state index >= 15 is 0 Å². The maximum absolute atomic E-state index is 14.9. The average Bonchev–Trinajstić information content (AvgIpc) is 0.750. The molecule has 0 spiro atoms. The first-order chi connectivity index (χ1) is 49.7. The second kappa shape index (κ2) is 28.3. The normalized spacial score (nSPS) is 10.8. The van der Waals surface area contributed by atoms with Crippen molar-refractivity contribution in [3.05, 3.63) is 332 Å². The molecule has 9 aromatic carbocycles. The second-order valence-corrected chi connectivity index (χ2v) is 23.3. The van der Waals surface area contributed by atoms with Gasteiger partial charge in [-0.25, -0.2) is 108 Å². The molecular formula is C75H50N14O14. The zero-order valence-corrected chi connectivity index (χ0v) is 54.8. The Morgan fingerprint density at radius 2 is 0.379 bits per heavy atom. The molecule has 504 valence electrons. The summed E-state index contributed by atoms with van der Waals surface area (Å²) in [5.74, 6) is 0. The molecule has 12 rings (SSSR count). The number of isocyanates is 5. The fraction of sp³-hybridized carbons (Fsp3) is 0.0933. The van der Waals surface area contributed by atoms with Crippen LogP contribution in [0.25, 0.3) is 51.2 Å². The standard InChI is InChI=1S/C75H50N14O14/c1-44-11-6-16-57(76-39-90)62(44)85-68(96)81(53-29-21-49(22-30-53)37-51-25-33-55(34-26-51)83-70(98)86(63-45(2)12-7-17-58(63)77-40-91)74(102)87(71(83)99)64-46(3)13-8-18-59(64)78-41-92)67(95)82(69(85)97)54-31-23-50(24-32-54)38-52-27-35-56(36-28-52)84-72(100)88(65-47(4)14-9-19-60(65)79-42-93)75(103)89(73(84)101)66-48(5)15-10-20-61(66)80-43-94/h6-36H,37-38H2,1-5H3. The molecule has 3 heterocycles. The van der Waals surface area contributed by atoms with Crippen molar-refractivity contribution in [2.24, 2.45) is 25.0 Å². The van der Waals surface area contributed by atoms with Crippen molar-refractivity contribution in [3.8, 4) is 51.2 Å².